The fourth-order valence-corrected chi connectivity index (χ4v) is 1.83. The van der Waals surface area contributed by atoms with Crippen molar-refractivity contribution < 1.29 is 4.74 Å². The van der Waals surface area contributed by atoms with E-state index in [2.05, 4.69) is 9.88 Å². The molecule has 0 aliphatic carbocycles. The number of anilines is 2. The highest BCUT2D eigenvalue weighted by Gasteiger charge is 2.07. The summed E-state index contributed by atoms with van der Waals surface area (Å²) in [7, 11) is 3.62. The van der Waals surface area contributed by atoms with Crippen LogP contribution in [0.3, 0.4) is 0 Å². The van der Waals surface area contributed by atoms with Gasteiger partial charge in [-0.15, -0.1) is 0 Å². The molecule has 1 heterocycles. The Morgan fingerprint density at radius 3 is 2.72 bits per heavy atom. The zero-order valence-electron chi connectivity index (χ0n) is 10.6. The minimum absolute atomic E-state index is 0.702. The number of benzene rings is 1. The average Bonchev–Trinajstić information content (AvgIpc) is 2.39. The third-order valence-electron chi connectivity index (χ3n) is 2.77. The molecule has 4 heteroatoms. The van der Waals surface area contributed by atoms with Gasteiger partial charge in [-0.2, -0.15) is 0 Å². The van der Waals surface area contributed by atoms with Gasteiger partial charge in [-0.1, -0.05) is 6.07 Å². The van der Waals surface area contributed by atoms with Crippen molar-refractivity contribution in [3.63, 3.8) is 0 Å². The first-order valence-electron chi connectivity index (χ1n) is 5.75. The molecule has 2 N–H and O–H groups in total. The molecule has 1 aromatic heterocycles. The van der Waals surface area contributed by atoms with Crippen LogP contribution in [-0.2, 0) is 6.54 Å². The van der Waals surface area contributed by atoms with Gasteiger partial charge in [0.2, 0.25) is 0 Å². The molecule has 0 saturated carbocycles. The van der Waals surface area contributed by atoms with E-state index < -0.39 is 0 Å². The number of nitrogens with zero attached hydrogens (tertiary/aromatic N) is 2. The Bertz CT molecular complexity index is 514. The van der Waals surface area contributed by atoms with Crippen molar-refractivity contribution >= 4 is 11.4 Å². The molecule has 0 radical (unpaired) electrons. The number of methoxy groups -OCH3 is 1. The van der Waals surface area contributed by atoms with Crippen LogP contribution in [0.5, 0.6) is 5.75 Å². The Hall–Kier alpha value is -2.23. The van der Waals surface area contributed by atoms with Crippen LogP contribution in [0.1, 0.15) is 5.69 Å². The van der Waals surface area contributed by atoms with E-state index >= 15 is 0 Å². The fourth-order valence-electron chi connectivity index (χ4n) is 1.83. The Kier molecular flexibility index (Phi) is 3.67. The number of rotatable bonds is 4. The number of hydrogen-bond acceptors (Lipinski definition) is 4. The van der Waals surface area contributed by atoms with E-state index in [1.165, 1.54) is 0 Å². The molecule has 1 aromatic carbocycles. The molecule has 94 valence electrons. The number of nitrogen functional groups attached to an aromatic ring is 1. The van der Waals surface area contributed by atoms with Crippen LogP contribution in [0.15, 0.2) is 42.6 Å². The number of aromatic nitrogens is 1. The average molecular weight is 243 g/mol. The lowest BCUT2D eigenvalue weighted by Gasteiger charge is -2.21. The van der Waals surface area contributed by atoms with Crippen LogP contribution < -0.4 is 15.4 Å². The first-order valence-corrected chi connectivity index (χ1v) is 5.75. The van der Waals surface area contributed by atoms with E-state index in [4.69, 9.17) is 10.5 Å². The van der Waals surface area contributed by atoms with Crippen molar-refractivity contribution in [2.45, 2.75) is 6.54 Å². The van der Waals surface area contributed by atoms with E-state index in [1.807, 2.05) is 43.4 Å². The second-order valence-corrected chi connectivity index (χ2v) is 4.10. The highest BCUT2D eigenvalue weighted by molar-refractivity contribution is 5.69. The maximum absolute atomic E-state index is 6.01. The Morgan fingerprint density at radius 1 is 1.28 bits per heavy atom. The molecule has 0 atom stereocenters. The van der Waals surface area contributed by atoms with Gasteiger partial charge in [0.15, 0.2) is 0 Å². The van der Waals surface area contributed by atoms with Crippen molar-refractivity contribution in [1.29, 1.82) is 0 Å². The molecule has 0 saturated heterocycles. The molecule has 0 fully saturated rings. The summed E-state index contributed by atoms with van der Waals surface area (Å²) in [4.78, 5) is 6.37. The molecule has 0 spiro atoms. The number of hydrogen-bond donors (Lipinski definition) is 1. The summed E-state index contributed by atoms with van der Waals surface area (Å²) in [6.45, 7) is 0.720. The van der Waals surface area contributed by atoms with Gasteiger partial charge in [-0.3, -0.25) is 4.98 Å². The molecular formula is C14H17N3O. The van der Waals surface area contributed by atoms with Crippen LogP contribution in [0.2, 0.25) is 0 Å². The number of ether oxygens (including phenoxy) is 1. The summed E-state index contributed by atoms with van der Waals surface area (Å²) in [5, 5.41) is 0. The standard InChI is InChI=1S/C14H17N3O/c1-17(10-11-5-3-4-8-16-11)14-7-6-12(18-2)9-13(14)15/h3-9H,10,15H2,1-2H3. The zero-order valence-corrected chi connectivity index (χ0v) is 10.6. The van der Waals surface area contributed by atoms with Crippen LogP contribution in [0.4, 0.5) is 11.4 Å². The lowest BCUT2D eigenvalue weighted by molar-refractivity contribution is 0.415. The second-order valence-electron chi connectivity index (χ2n) is 4.10. The molecule has 0 unspecified atom stereocenters. The van der Waals surface area contributed by atoms with Gasteiger partial charge in [0.25, 0.3) is 0 Å². The van der Waals surface area contributed by atoms with Crippen molar-refractivity contribution in [2.24, 2.45) is 0 Å². The highest BCUT2D eigenvalue weighted by atomic mass is 16.5. The maximum Gasteiger partial charge on any atom is 0.121 e. The van der Waals surface area contributed by atoms with Crippen molar-refractivity contribution in [2.75, 3.05) is 24.8 Å². The van der Waals surface area contributed by atoms with E-state index in [-0.39, 0.29) is 0 Å². The summed E-state index contributed by atoms with van der Waals surface area (Å²) in [6, 6.07) is 11.6. The summed E-state index contributed by atoms with van der Waals surface area (Å²) in [5.41, 5.74) is 8.69. The predicted octanol–water partition coefficient (Wildman–Crippen LogP) is 2.31. The first kappa shape index (κ1) is 12.2. The quantitative estimate of drug-likeness (QED) is 0.837. The lowest BCUT2D eigenvalue weighted by atomic mass is 10.2. The number of pyridine rings is 1. The van der Waals surface area contributed by atoms with Crippen LogP contribution in [0.25, 0.3) is 0 Å². The summed E-state index contributed by atoms with van der Waals surface area (Å²) < 4.78 is 5.14. The molecule has 0 amide bonds. The summed E-state index contributed by atoms with van der Waals surface area (Å²) in [5.74, 6) is 0.766. The second kappa shape index (κ2) is 5.40. The van der Waals surface area contributed by atoms with Gasteiger partial charge in [-0.05, 0) is 24.3 Å². The van der Waals surface area contributed by atoms with E-state index in [0.29, 0.717) is 5.69 Å². The smallest absolute Gasteiger partial charge is 0.121 e. The minimum Gasteiger partial charge on any atom is -0.497 e. The molecule has 0 aliphatic heterocycles. The molecule has 0 bridgehead atoms. The third kappa shape index (κ3) is 2.71. The number of nitrogens with two attached hydrogens (primary N) is 1. The minimum atomic E-state index is 0.702. The van der Waals surface area contributed by atoms with Crippen LogP contribution >= 0.6 is 0 Å². The third-order valence-corrected chi connectivity index (χ3v) is 2.77. The van der Waals surface area contributed by atoms with Gasteiger partial charge in [0.05, 0.1) is 30.7 Å². The maximum atomic E-state index is 6.01. The predicted molar refractivity (Wildman–Crippen MR) is 73.8 cm³/mol. The van der Waals surface area contributed by atoms with E-state index in [1.54, 1.807) is 13.3 Å². The molecule has 2 rings (SSSR count). The Morgan fingerprint density at radius 2 is 2.11 bits per heavy atom. The topological polar surface area (TPSA) is 51.4 Å². The molecule has 2 aromatic rings. The summed E-state index contributed by atoms with van der Waals surface area (Å²) >= 11 is 0. The Balaban J connectivity index is 2.16. The molecule has 4 nitrogen and oxygen atoms in total. The zero-order chi connectivity index (χ0) is 13.0. The van der Waals surface area contributed by atoms with Gasteiger partial charge >= 0.3 is 0 Å². The summed E-state index contributed by atoms with van der Waals surface area (Å²) in [6.07, 6.45) is 1.79. The molecule has 0 aliphatic rings. The lowest BCUT2D eigenvalue weighted by Crippen LogP contribution is -2.18. The molecular weight excluding hydrogens is 226 g/mol. The van der Waals surface area contributed by atoms with Crippen molar-refractivity contribution in [1.82, 2.24) is 4.98 Å². The van der Waals surface area contributed by atoms with Gasteiger partial charge in [0, 0.05) is 19.3 Å². The van der Waals surface area contributed by atoms with E-state index in [0.717, 1.165) is 23.7 Å². The monoisotopic (exact) mass is 243 g/mol. The SMILES string of the molecule is COc1ccc(N(C)Cc2ccccn2)c(N)c1. The first-order chi connectivity index (χ1) is 8.70. The normalized spacial score (nSPS) is 10.1. The van der Waals surface area contributed by atoms with Crippen LogP contribution in [-0.4, -0.2) is 19.1 Å². The fraction of sp³-hybridized carbons (Fsp3) is 0.214. The highest BCUT2D eigenvalue weighted by Crippen LogP contribution is 2.27. The van der Waals surface area contributed by atoms with Crippen molar-refractivity contribution in [3.05, 3.63) is 48.3 Å². The molecule has 18 heavy (non-hydrogen) atoms. The Labute approximate surface area is 107 Å². The van der Waals surface area contributed by atoms with Crippen LogP contribution in [0, 0.1) is 0 Å². The van der Waals surface area contributed by atoms with E-state index in [9.17, 15) is 0 Å². The van der Waals surface area contributed by atoms with Crippen molar-refractivity contribution in [3.8, 4) is 5.75 Å². The van der Waals surface area contributed by atoms with Gasteiger partial charge in [0.1, 0.15) is 5.75 Å². The largest absolute Gasteiger partial charge is 0.497 e. The van der Waals surface area contributed by atoms with Gasteiger partial charge in [-0.25, -0.2) is 0 Å². The van der Waals surface area contributed by atoms with Gasteiger partial charge < -0.3 is 15.4 Å².